The third-order valence-corrected chi connectivity index (χ3v) is 1.72. The normalized spacial score (nSPS) is 13.6. The van der Waals surface area contributed by atoms with Crippen LogP contribution in [0.1, 0.15) is 34.6 Å². The Labute approximate surface area is 80.3 Å². The first-order valence-electron chi connectivity index (χ1n) is 4.53. The van der Waals surface area contributed by atoms with Gasteiger partial charge in [-0.1, -0.05) is 6.58 Å². The van der Waals surface area contributed by atoms with E-state index in [0.717, 1.165) is 11.6 Å². The van der Waals surface area contributed by atoms with Crippen LogP contribution in [0, 0.1) is 0 Å². The molecular formula is C10H20NO2+. The van der Waals surface area contributed by atoms with E-state index in [-0.39, 0.29) is 11.5 Å². The molecule has 0 aromatic rings. The van der Waals surface area contributed by atoms with Gasteiger partial charge >= 0.3 is 5.97 Å². The number of rotatable bonds is 3. The van der Waals surface area contributed by atoms with Crippen molar-refractivity contribution in [3.8, 4) is 0 Å². The Morgan fingerprint density at radius 1 is 1.46 bits per heavy atom. The van der Waals surface area contributed by atoms with Gasteiger partial charge in [-0.3, -0.25) is 4.84 Å². The van der Waals surface area contributed by atoms with Crippen LogP contribution in [0.15, 0.2) is 12.2 Å². The molecule has 3 nitrogen and oxygen atoms in total. The lowest BCUT2D eigenvalue weighted by Gasteiger charge is -2.27. The fourth-order valence-corrected chi connectivity index (χ4v) is 0.955. The van der Waals surface area contributed by atoms with Gasteiger partial charge in [0.25, 0.3) is 0 Å². The molecule has 0 heterocycles. The summed E-state index contributed by atoms with van der Waals surface area (Å²) in [5.74, 6) is -0.327. The van der Waals surface area contributed by atoms with Gasteiger partial charge in [-0.15, -0.1) is 5.06 Å². The monoisotopic (exact) mass is 186 g/mol. The Bertz CT molecular complexity index is 203. The summed E-state index contributed by atoms with van der Waals surface area (Å²) in [4.78, 5) is 16.4. The minimum Gasteiger partial charge on any atom is -0.273 e. The molecule has 0 amide bonds. The van der Waals surface area contributed by atoms with Crippen LogP contribution in [0.25, 0.3) is 0 Å². The lowest BCUT2D eigenvalue weighted by molar-refractivity contribution is -1.11. The summed E-state index contributed by atoms with van der Waals surface area (Å²) in [5, 5.41) is 0.806. The predicted octanol–water partition coefficient (Wildman–Crippen LogP) is 0.724. The van der Waals surface area contributed by atoms with Crippen molar-refractivity contribution in [3.05, 3.63) is 12.2 Å². The molecule has 1 unspecified atom stereocenters. The minimum absolute atomic E-state index is 0.0835. The predicted molar refractivity (Wildman–Crippen MR) is 52.2 cm³/mol. The van der Waals surface area contributed by atoms with Gasteiger partial charge in [0.05, 0.1) is 0 Å². The van der Waals surface area contributed by atoms with Gasteiger partial charge < -0.3 is 0 Å². The number of quaternary nitrogens is 1. The molecule has 76 valence electrons. The maximum Gasteiger partial charge on any atom is 0.392 e. The zero-order valence-electron chi connectivity index (χ0n) is 9.23. The fourth-order valence-electron chi connectivity index (χ4n) is 0.955. The van der Waals surface area contributed by atoms with Crippen molar-refractivity contribution >= 4 is 5.97 Å². The SMILES string of the molecule is C=C(C)C(=O)O[NH+](CC)C(C)(C)C. The summed E-state index contributed by atoms with van der Waals surface area (Å²) in [6, 6.07) is 0. The highest BCUT2D eigenvalue weighted by Gasteiger charge is 2.28. The second-order valence-corrected chi connectivity index (χ2v) is 4.20. The molecule has 0 aromatic heterocycles. The molecule has 0 radical (unpaired) electrons. The van der Waals surface area contributed by atoms with E-state index in [0.29, 0.717) is 5.57 Å². The molecule has 13 heavy (non-hydrogen) atoms. The van der Waals surface area contributed by atoms with Crippen molar-refractivity contribution in [3.63, 3.8) is 0 Å². The van der Waals surface area contributed by atoms with E-state index in [1.54, 1.807) is 6.92 Å². The molecule has 0 fully saturated rings. The Morgan fingerprint density at radius 3 is 2.15 bits per heavy atom. The summed E-state index contributed by atoms with van der Waals surface area (Å²) in [5.41, 5.74) is 0.357. The molecular weight excluding hydrogens is 166 g/mol. The van der Waals surface area contributed by atoms with E-state index in [2.05, 4.69) is 6.58 Å². The van der Waals surface area contributed by atoms with Gasteiger partial charge in [-0.25, -0.2) is 4.79 Å². The second kappa shape index (κ2) is 4.42. The van der Waals surface area contributed by atoms with Crippen molar-refractivity contribution in [1.82, 2.24) is 0 Å². The van der Waals surface area contributed by atoms with Crippen LogP contribution in [0.4, 0.5) is 0 Å². The van der Waals surface area contributed by atoms with Gasteiger partial charge in [0, 0.05) is 5.57 Å². The van der Waals surface area contributed by atoms with E-state index in [1.807, 2.05) is 27.7 Å². The lowest BCUT2D eigenvalue weighted by atomic mass is 10.1. The van der Waals surface area contributed by atoms with Crippen molar-refractivity contribution in [2.45, 2.75) is 40.2 Å². The average Bonchev–Trinajstić information content (AvgIpc) is 1.96. The standard InChI is InChI=1S/C10H19NO2/c1-7-11(10(4,5)6)13-9(12)8(2)3/h2,7H2,1,3-6H3/p+1. The second-order valence-electron chi connectivity index (χ2n) is 4.20. The van der Waals surface area contributed by atoms with Crippen LogP contribution in [0.5, 0.6) is 0 Å². The van der Waals surface area contributed by atoms with E-state index >= 15 is 0 Å². The molecule has 0 bridgehead atoms. The van der Waals surface area contributed by atoms with Crippen molar-refractivity contribution in [1.29, 1.82) is 0 Å². The molecule has 0 spiro atoms. The van der Waals surface area contributed by atoms with Gasteiger partial charge in [0.1, 0.15) is 12.1 Å². The molecule has 1 atom stereocenters. The zero-order chi connectivity index (χ0) is 10.6. The number of carbonyl (C=O) groups is 1. The minimum atomic E-state index is -0.327. The van der Waals surface area contributed by atoms with Gasteiger partial charge in [-0.2, -0.15) is 0 Å². The highest BCUT2D eigenvalue weighted by Crippen LogP contribution is 1.94. The Morgan fingerprint density at radius 2 is 1.92 bits per heavy atom. The van der Waals surface area contributed by atoms with E-state index < -0.39 is 0 Å². The smallest absolute Gasteiger partial charge is 0.273 e. The van der Waals surface area contributed by atoms with Gasteiger partial charge in [-0.05, 0) is 34.6 Å². The Balaban J connectivity index is 4.31. The summed E-state index contributed by atoms with van der Waals surface area (Å²) < 4.78 is 0. The largest absolute Gasteiger partial charge is 0.392 e. The summed E-state index contributed by atoms with van der Waals surface area (Å²) in [7, 11) is 0. The molecule has 0 rings (SSSR count). The van der Waals surface area contributed by atoms with Crippen LogP contribution in [0.2, 0.25) is 0 Å². The lowest BCUT2D eigenvalue weighted by Crippen LogP contribution is -3.18. The zero-order valence-corrected chi connectivity index (χ0v) is 9.23. The van der Waals surface area contributed by atoms with Crippen LogP contribution in [0.3, 0.4) is 0 Å². The summed E-state index contributed by atoms with van der Waals surface area (Å²) >= 11 is 0. The fraction of sp³-hybridized carbons (Fsp3) is 0.700. The molecule has 0 aliphatic heterocycles. The van der Waals surface area contributed by atoms with Crippen molar-refractivity contribution < 1.29 is 14.7 Å². The highest BCUT2D eigenvalue weighted by molar-refractivity contribution is 5.86. The third kappa shape index (κ3) is 4.08. The maximum atomic E-state index is 11.2. The highest BCUT2D eigenvalue weighted by atomic mass is 16.7. The first-order valence-corrected chi connectivity index (χ1v) is 4.53. The number of carbonyl (C=O) groups excluding carboxylic acids is 1. The van der Waals surface area contributed by atoms with E-state index in [4.69, 9.17) is 4.84 Å². The van der Waals surface area contributed by atoms with Crippen LogP contribution < -0.4 is 5.06 Å². The Kier molecular flexibility index (Phi) is 4.14. The van der Waals surface area contributed by atoms with Gasteiger partial charge in [0.15, 0.2) is 0 Å². The number of nitrogens with one attached hydrogen (secondary N) is 1. The topological polar surface area (TPSA) is 30.7 Å². The van der Waals surface area contributed by atoms with Crippen LogP contribution >= 0.6 is 0 Å². The van der Waals surface area contributed by atoms with E-state index in [9.17, 15) is 4.79 Å². The van der Waals surface area contributed by atoms with Crippen LogP contribution in [-0.4, -0.2) is 18.1 Å². The molecule has 0 saturated carbocycles. The average molecular weight is 186 g/mol. The number of hydroxylamine groups is 2. The van der Waals surface area contributed by atoms with Crippen molar-refractivity contribution in [2.75, 3.05) is 6.54 Å². The van der Waals surface area contributed by atoms with Crippen LogP contribution in [-0.2, 0) is 9.63 Å². The molecule has 0 aromatic carbocycles. The van der Waals surface area contributed by atoms with Crippen molar-refractivity contribution in [2.24, 2.45) is 0 Å². The molecule has 1 N–H and O–H groups in total. The third-order valence-electron chi connectivity index (χ3n) is 1.72. The summed E-state index contributed by atoms with van der Waals surface area (Å²) in [6.07, 6.45) is 0. The maximum absolute atomic E-state index is 11.2. The first kappa shape index (κ1) is 12.2. The molecule has 0 aliphatic rings. The summed E-state index contributed by atoms with van der Waals surface area (Å²) in [6.45, 7) is 14.0. The Hall–Kier alpha value is -0.830. The molecule has 0 aliphatic carbocycles. The molecule has 0 saturated heterocycles. The van der Waals surface area contributed by atoms with Gasteiger partial charge in [0.2, 0.25) is 0 Å². The quantitative estimate of drug-likeness (QED) is 0.520. The number of hydrogen-bond acceptors (Lipinski definition) is 2. The number of hydrogen-bond donors (Lipinski definition) is 1. The van der Waals surface area contributed by atoms with E-state index in [1.165, 1.54) is 0 Å². The first-order chi connectivity index (χ1) is 5.79. The molecule has 3 heteroatoms.